The molecule has 6 nitrogen and oxygen atoms in total. The van der Waals surface area contributed by atoms with E-state index in [-0.39, 0.29) is 5.90 Å². The Bertz CT molecular complexity index is 833. The van der Waals surface area contributed by atoms with Crippen molar-refractivity contribution in [2.45, 2.75) is 50.9 Å². The summed E-state index contributed by atoms with van der Waals surface area (Å²) in [5, 5.41) is 38.8. The predicted octanol–water partition coefficient (Wildman–Crippen LogP) is 3.63. The Hall–Kier alpha value is -2.88. The van der Waals surface area contributed by atoms with Crippen molar-refractivity contribution in [3.8, 4) is 18.2 Å². The third-order valence-corrected chi connectivity index (χ3v) is 5.58. The Labute approximate surface area is 153 Å². The predicted molar refractivity (Wildman–Crippen MR) is 92.5 cm³/mol. The summed E-state index contributed by atoms with van der Waals surface area (Å²) in [7, 11) is 0. The first-order valence-corrected chi connectivity index (χ1v) is 8.70. The molecule has 3 aliphatic rings. The number of benzene rings is 1. The number of nitrogens with one attached hydrogen (secondary N) is 1. The molecule has 26 heavy (non-hydrogen) atoms. The summed E-state index contributed by atoms with van der Waals surface area (Å²) in [5.74, 6) is -2.51. The highest BCUT2D eigenvalue weighted by Crippen LogP contribution is 2.65. The molecule has 0 saturated carbocycles. The van der Waals surface area contributed by atoms with Gasteiger partial charge >= 0.3 is 0 Å². The first kappa shape index (κ1) is 17.9. The molecular formula is C20H20N4O2. The molecule has 0 unspecified atom stereocenters. The van der Waals surface area contributed by atoms with E-state index >= 15 is 0 Å². The molecule has 1 aromatic rings. The average molecular weight is 348 g/mol. The Morgan fingerprint density at radius 3 is 2.31 bits per heavy atom. The lowest BCUT2D eigenvalue weighted by atomic mass is 9.49. The summed E-state index contributed by atoms with van der Waals surface area (Å²) in [6, 6.07) is 15.4. The molecule has 4 atom stereocenters. The number of ether oxygens (including phenoxy) is 2. The van der Waals surface area contributed by atoms with Gasteiger partial charge in [-0.1, -0.05) is 50.1 Å². The Kier molecular flexibility index (Phi) is 4.23. The number of nitriles is 3. The Balaban J connectivity index is 2.29. The maximum atomic E-state index is 10.1. The zero-order valence-corrected chi connectivity index (χ0v) is 14.8. The van der Waals surface area contributed by atoms with Crippen LogP contribution < -0.4 is 0 Å². The van der Waals surface area contributed by atoms with Crippen LogP contribution in [0.15, 0.2) is 30.3 Å². The van der Waals surface area contributed by atoms with E-state index in [9.17, 15) is 15.8 Å². The summed E-state index contributed by atoms with van der Waals surface area (Å²) in [6.07, 6.45) is 1.39. The summed E-state index contributed by atoms with van der Waals surface area (Å²) in [6.45, 7) is 3.67. The second-order valence-corrected chi connectivity index (χ2v) is 6.99. The summed E-state index contributed by atoms with van der Waals surface area (Å²) >= 11 is 0. The average Bonchev–Trinajstić information content (AvgIpc) is 2.65. The highest BCUT2D eigenvalue weighted by atomic mass is 16.7. The molecule has 3 heterocycles. The van der Waals surface area contributed by atoms with Crippen LogP contribution in [-0.2, 0) is 9.47 Å². The lowest BCUT2D eigenvalue weighted by molar-refractivity contribution is -0.320. The minimum atomic E-state index is -1.77. The summed E-state index contributed by atoms with van der Waals surface area (Å²) in [4.78, 5) is 0. The van der Waals surface area contributed by atoms with Crippen molar-refractivity contribution >= 4 is 5.90 Å². The van der Waals surface area contributed by atoms with Gasteiger partial charge in [0.2, 0.25) is 11.7 Å². The zero-order valence-electron chi connectivity index (χ0n) is 14.8. The van der Waals surface area contributed by atoms with Gasteiger partial charge in [0.25, 0.3) is 0 Å². The number of fused-ring (bicyclic) bond motifs is 3. The quantitative estimate of drug-likeness (QED) is 0.892. The van der Waals surface area contributed by atoms with Crippen LogP contribution in [0.1, 0.15) is 44.6 Å². The van der Waals surface area contributed by atoms with Crippen molar-refractivity contribution in [1.29, 1.82) is 21.2 Å². The SMILES string of the molecule is CCCC[C@H]1O[C@@]2(C)OC(=N)[C@@]1(C#N)C(C#N)(C#N)[C@H]2c1ccccc1. The van der Waals surface area contributed by atoms with E-state index in [1.54, 1.807) is 31.2 Å². The van der Waals surface area contributed by atoms with E-state index in [0.29, 0.717) is 12.0 Å². The molecule has 3 fully saturated rings. The third kappa shape index (κ3) is 2.02. The van der Waals surface area contributed by atoms with Crippen molar-refractivity contribution < 1.29 is 9.47 Å². The van der Waals surface area contributed by atoms with Crippen molar-refractivity contribution in [2.24, 2.45) is 10.8 Å². The fraction of sp³-hybridized carbons (Fsp3) is 0.500. The number of rotatable bonds is 4. The largest absolute Gasteiger partial charge is 0.447 e. The van der Waals surface area contributed by atoms with Crippen LogP contribution in [0, 0.1) is 50.2 Å². The number of hydrogen-bond donors (Lipinski definition) is 1. The third-order valence-electron chi connectivity index (χ3n) is 5.58. The normalized spacial score (nSPS) is 34.2. The van der Waals surface area contributed by atoms with Crippen molar-refractivity contribution in [1.82, 2.24) is 0 Å². The van der Waals surface area contributed by atoms with Gasteiger partial charge in [-0.05, 0) is 12.0 Å². The fourth-order valence-electron chi connectivity index (χ4n) is 4.41. The van der Waals surface area contributed by atoms with Crippen LogP contribution in [0.2, 0.25) is 0 Å². The standard InChI is InChI=1S/C20H20N4O2/c1-3-4-10-15-20(13-23)17(24)26-18(2,25-15)16(19(20,11-21)12-22)14-8-6-5-7-9-14/h5-9,15-16,24H,3-4,10H2,1-2H3/t15-,16+,18+,20+/m1/s1. The van der Waals surface area contributed by atoms with Crippen LogP contribution in [0.25, 0.3) is 0 Å². The summed E-state index contributed by atoms with van der Waals surface area (Å²) in [5.41, 5.74) is -2.85. The van der Waals surface area contributed by atoms with Crippen molar-refractivity contribution in [3.05, 3.63) is 35.9 Å². The van der Waals surface area contributed by atoms with Gasteiger partial charge in [-0.25, -0.2) is 0 Å². The number of hydrogen-bond acceptors (Lipinski definition) is 6. The lowest BCUT2D eigenvalue weighted by Crippen LogP contribution is -2.73. The van der Waals surface area contributed by atoms with Crippen LogP contribution in [0.3, 0.4) is 0 Å². The van der Waals surface area contributed by atoms with Crippen molar-refractivity contribution in [3.63, 3.8) is 0 Å². The van der Waals surface area contributed by atoms with Gasteiger partial charge in [-0.2, -0.15) is 15.8 Å². The fourth-order valence-corrected chi connectivity index (χ4v) is 4.41. The van der Waals surface area contributed by atoms with Crippen LogP contribution in [0.4, 0.5) is 0 Å². The first-order chi connectivity index (χ1) is 12.5. The minimum absolute atomic E-state index is 0.342. The molecule has 0 spiro atoms. The molecule has 0 aromatic heterocycles. The maximum Gasteiger partial charge on any atom is 0.219 e. The van der Waals surface area contributed by atoms with Gasteiger partial charge in [0.1, 0.15) is 0 Å². The first-order valence-electron chi connectivity index (χ1n) is 8.70. The van der Waals surface area contributed by atoms with Crippen LogP contribution in [-0.4, -0.2) is 17.8 Å². The van der Waals surface area contributed by atoms with E-state index in [1.165, 1.54) is 0 Å². The smallest absolute Gasteiger partial charge is 0.219 e. The van der Waals surface area contributed by atoms with Crippen molar-refractivity contribution in [2.75, 3.05) is 0 Å². The molecule has 3 aliphatic heterocycles. The lowest BCUT2D eigenvalue weighted by Gasteiger charge is -2.61. The summed E-state index contributed by atoms with van der Waals surface area (Å²) < 4.78 is 11.9. The van der Waals surface area contributed by atoms with Gasteiger partial charge in [-0.3, -0.25) is 5.41 Å². The zero-order chi connectivity index (χ0) is 19.0. The molecule has 2 bridgehead atoms. The molecule has 132 valence electrons. The second-order valence-electron chi connectivity index (χ2n) is 6.99. The van der Waals surface area contributed by atoms with Gasteiger partial charge in [-0.15, -0.1) is 0 Å². The number of unbranched alkanes of at least 4 members (excludes halogenated alkanes) is 1. The molecule has 1 N–H and O–H groups in total. The van der Waals surface area contributed by atoms with Crippen LogP contribution >= 0.6 is 0 Å². The molecule has 6 heteroatoms. The van der Waals surface area contributed by atoms with E-state index in [1.807, 2.05) is 13.0 Å². The van der Waals surface area contributed by atoms with E-state index in [4.69, 9.17) is 14.9 Å². The van der Waals surface area contributed by atoms with Gasteiger partial charge in [0.05, 0.1) is 30.2 Å². The van der Waals surface area contributed by atoms with Gasteiger partial charge < -0.3 is 9.47 Å². The minimum Gasteiger partial charge on any atom is -0.447 e. The molecule has 4 rings (SSSR count). The van der Waals surface area contributed by atoms with E-state index < -0.39 is 28.6 Å². The second kappa shape index (κ2) is 6.13. The Morgan fingerprint density at radius 2 is 1.77 bits per heavy atom. The topological polar surface area (TPSA) is 114 Å². The maximum absolute atomic E-state index is 10.1. The Morgan fingerprint density at radius 1 is 1.12 bits per heavy atom. The van der Waals surface area contributed by atoms with Gasteiger partial charge in [0, 0.05) is 6.92 Å². The van der Waals surface area contributed by atoms with Crippen LogP contribution in [0.5, 0.6) is 0 Å². The molecule has 0 amide bonds. The highest BCUT2D eigenvalue weighted by molar-refractivity contribution is 5.89. The van der Waals surface area contributed by atoms with Gasteiger partial charge in [0.15, 0.2) is 10.8 Å². The monoisotopic (exact) mass is 348 g/mol. The highest BCUT2D eigenvalue weighted by Gasteiger charge is 2.78. The van der Waals surface area contributed by atoms with E-state index in [0.717, 1.165) is 12.8 Å². The molecule has 0 radical (unpaired) electrons. The molecule has 1 aromatic carbocycles. The van der Waals surface area contributed by atoms with E-state index in [2.05, 4.69) is 18.2 Å². The number of nitrogens with zero attached hydrogens (tertiary/aromatic N) is 3. The molecule has 0 aliphatic carbocycles. The molecular weight excluding hydrogens is 328 g/mol. The molecule has 3 saturated heterocycles.